The van der Waals surface area contributed by atoms with Gasteiger partial charge in [0.2, 0.25) is 0 Å². The molecule has 0 spiro atoms. The minimum atomic E-state index is 0.418. The van der Waals surface area contributed by atoms with Crippen molar-refractivity contribution in [3.05, 3.63) is 0 Å². The Morgan fingerprint density at radius 1 is 1.22 bits per heavy atom. The topological polar surface area (TPSA) is 9.23 Å². The summed E-state index contributed by atoms with van der Waals surface area (Å²) in [5.74, 6) is 0.890. The molecule has 0 N–H and O–H groups in total. The molecule has 0 unspecified atom stereocenters. The molecule has 2 fully saturated rings. The zero-order chi connectivity index (χ0) is 13.6. The molecular weight excluding hydrogens is 222 g/mol. The minimum Gasteiger partial charge on any atom is -0.372 e. The van der Waals surface area contributed by atoms with Gasteiger partial charge in [0.05, 0.1) is 33.4 Å². The standard InChI is InChI=1S/C16H32NO/c1-7-17(5,6)10-11-18-14-12-13-8-9-16(14,4)15(13,2)3/h13-14H,7-12H2,1-6H3/q+1/t13-,14-,16-/m0/s1. The highest BCUT2D eigenvalue weighted by atomic mass is 16.5. The van der Waals surface area contributed by atoms with Crippen LogP contribution in [0.15, 0.2) is 0 Å². The van der Waals surface area contributed by atoms with E-state index in [0.717, 1.165) is 23.6 Å². The molecule has 18 heavy (non-hydrogen) atoms. The SMILES string of the molecule is CC[N+](C)(C)CCO[C@H]1C[C@@H]2CC[C@]1(C)C2(C)C. The molecule has 2 saturated carbocycles. The van der Waals surface area contributed by atoms with Gasteiger partial charge >= 0.3 is 0 Å². The molecule has 0 amide bonds. The van der Waals surface area contributed by atoms with Crippen molar-refractivity contribution in [2.75, 3.05) is 33.8 Å². The van der Waals surface area contributed by atoms with Crippen molar-refractivity contribution in [1.29, 1.82) is 0 Å². The molecule has 3 atom stereocenters. The van der Waals surface area contributed by atoms with Crippen LogP contribution in [0.1, 0.15) is 47.0 Å². The lowest BCUT2D eigenvalue weighted by atomic mass is 9.70. The predicted molar refractivity (Wildman–Crippen MR) is 76.5 cm³/mol. The van der Waals surface area contributed by atoms with Gasteiger partial charge in [-0.3, -0.25) is 0 Å². The third-order valence-corrected chi connectivity index (χ3v) is 6.59. The highest BCUT2D eigenvalue weighted by molar-refractivity contribution is 5.11. The average Bonchev–Trinajstić information content (AvgIpc) is 2.62. The van der Waals surface area contributed by atoms with Gasteiger partial charge in [-0.15, -0.1) is 0 Å². The Hall–Kier alpha value is -0.0800. The Morgan fingerprint density at radius 2 is 1.89 bits per heavy atom. The lowest BCUT2D eigenvalue weighted by molar-refractivity contribution is -0.889. The van der Waals surface area contributed by atoms with Crippen LogP contribution in [0.5, 0.6) is 0 Å². The maximum absolute atomic E-state index is 6.30. The van der Waals surface area contributed by atoms with Crippen LogP contribution >= 0.6 is 0 Å². The molecule has 2 aliphatic carbocycles. The van der Waals surface area contributed by atoms with Crippen molar-refractivity contribution in [3.8, 4) is 0 Å². The number of nitrogens with zero attached hydrogens (tertiary/aromatic N) is 1. The Kier molecular flexibility index (Phi) is 3.57. The van der Waals surface area contributed by atoms with Gasteiger partial charge in [0.15, 0.2) is 0 Å². The van der Waals surface area contributed by atoms with Gasteiger partial charge in [-0.2, -0.15) is 0 Å². The summed E-state index contributed by atoms with van der Waals surface area (Å²) in [6.07, 6.45) is 4.58. The Balaban J connectivity index is 1.90. The van der Waals surface area contributed by atoms with Crippen LogP contribution in [0, 0.1) is 16.7 Å². The summed E-state index contributed by atoms with van der Waals surface area (Å²) >= 11 is 0. The summed E-state index contributed by atoms with van der Waals surface area (Å²) in [4.78, 5) is 0. The van der Waals surface area contributed by atoms with Crippen LogP contribution in [-0.4, -0.2) is 44.4 Å². The van der Waals surface area contributed by atoms with Crippen LogP contribution in [-0.2, 0) is 4.74 Å². The number of ether oxygens (including phenoxy) is 1. The largest absolute Gasteiger partial charge is 0.372 e. The Labute approximate surface area is 113 Å². The molecular formula is C16H32NO+. The second kappa shape index (κ2) is 4.49. The average molecular weight is 254 g/mol. The fraction of sp³-hybridized carbons (Fsp3) is 1.00. The fourth-order valence-corrected chi connectivity index (χ4v) is 3.98. The van der Waals surface area contributed by atoms with Crippen molar-refractivity contribution in [2.45, 2.75) is 53.1 Å². The maximum atomic E-state index is 6.30. The van der Waals surface area contributed by atoms with Crippen molar-refractivity contribution in [3.63, 3.8) is 0 Å². The first-order valence-corrected chi connectivity index (χ1v) is 7.66. The second-order valence-electron chi connectivity index (χ2n) is 7.95. The van der Waals surface area contributed by atoms with E-state index < -0.39 is 0 Å². The van der Waals surface area contributed by atoms with E-state index in [-0.39, 0.29) is 0 Å². The van der Waals surface area contributed by atoms with Gasteiger partial charge in [-0.1, -0.05) is 20.8 Å². The van der Waals surface area contributed by atoms with E-state index in [1.54, 1.807) is 0 Å². The predicted octanol–water partition coefficient (Wildman–Crippen LogP) is 3.31. The van der Waals surface area contributed by atoms with Gasteiger partial charge in [-0.25, -0.2) is 0 Å². The number of hydrogen-bond donors (Lipinski definition) is 0. The van der Waals surface area contributed by atoms with Gasteiger partial charge in [-0.05, 0) is 42.9 Å². The van der Waals surface area contributed by atoms with Crippen LogP contribution in [0.4, 0.5) is 0 Å². The smallest absolute Gasteiger partial charge is 0.102 e. The molecule has 0 radical (unpaired) electrons. The molecule has 0 aromatic rings. The first-order valence-electron chi connectivity index (χ1n) is 7.66. The van der Waals surface area contributed by atoms with E-state index in [1.165, 1.54) is 25.8 Å². The lowest BCUT2D eigenvalue weighted by Crippen LogP contribution is -2.44. The van der Waals surface area contributed by atoms with E-state index in [9.17, 15) is 0 Å². The third-order valence-electron chi connectivity index (χ3n) is 6.59. The summed E-state index contributed by atoms with van der Waals surface area (Å²) in [5, 5.41) is 0. The normalized spacial score (nSPS) is 38.3. The molecule has 2 aliphatic rings. The number of fused-ring (bicyclic) bond motifs is 2. The molecule has 2 bridgehead atoms. The summed E-state index contributed by atoms with van der Waals surface area (Å²) < 4.78 is 7.36. The summed E-state index contributed by atoms with van der Waals surface area (Å²) in [7, 11) is 4.58. The van der Waals surface area contributed by atoms with Gasteiger partial charge in [0.25, 0.3) is 0 Å². The fourth-order valence-electron chi connectivity index (χ4n) is 3.98. The zero-order valence-electron chi connectivity index (χ0n) is 13.3. The van der Waals surface area contributed by atoms with Crippen LogP contribution in [0.25, 0.3) is 0 Å². The van der Waals surface area contributed by atoms with E-state index >= 15 is 0 Å². The molecule has 0 aromatic heterocycles. The van der Waals surface area contributed by atoms with Crippen LogP contribution < -0.4 is 0 Å². The molecule has 0 aliphatic heterocycles. The van der Waals surface area contributed by atoms with E-state index in [4.69, 9.17) is 4.74 Å². The molecule has 106 valence electrons. The monoisotopic (exact) mass is 254 g/mol. The molecule has 0 heterocycles. The third kappa shape index (κ3) is 2.12. The van der Waals surface area contributed by atoms with Crippen molar-refractivity contribution < 1.29 is 9.22 Å². The Bertz CT molecular complexity index is 310. The molecule has 2 rings (SSSR count). The van der Waals surface area contributed by atoms with E-state index in [2.05, 4.69) is 41.8 Å². The zero-order valence-corrected chi connectivity index (χ0v) is 13.3. The first kappa shape index (κ1) is 14.3. The maximum Gasteiger partial charge on any atom is 0.102 e. The number of rotatable bonds is 5. The number of hydrogen-bond acceptors (Lipinski definition) is 1. The van der Waals surface area contributed by atoms with Gasteiger partial charge < -0.3 is 9.22 Å². The lowest BCUT2D eigenvalue weighted by Gasteiger charge is -2.39. The van der Waals surface area contributed by atoms with E-state index in [1.807, 2.05) is 0 Å². The second-order valence-corrected chi connectivity index (χ2v) is 7.95. The Morgan fingerprint density at radius 3 is 2.33 bits per heavy atom. The van der Waals surface area contributed by atoms with Gasteiger partial charge in [0, 0.05) is 0 Å². The highest BCUT2D eigenvalue weighted by Gasteiger charge is 2.61. The molecule has 2 nitrogen and oxygen atoms in total. The van der Waals surface area contributed by atoms with E-state index in [0.29, 0.717) is 16.9 Å². The van der Waals surface area contributed by atoms with Crippen LogP contribution in [0.2, 0.25) is 0 Å². The summed E-state index contributed by atoms with van der Waals surface area (Å²) in [6.45, 7) is 12.9. The number of likely N-dealkylation sites (N-methyl/N-ethyl adjacent to an activating group) is 1. The first-order chi connectivity index (χ1) is 8.23. The quantitative estimate of drug-likeness (QED) is 0.684. The molecule has 2 heteroatoms. The highest BCUT2D eigenvalue weighted by Crippen LogP contribution is 2.66. The van der Waals surface area contributed by atoms with Crippen molar-refractivity contribution >= 4 is 0 Å². The minimum absolute atomic E-state index is 0.418. The van der Waals surface area contributed by atoms with Gasteiger partial charge in [0.1, 0.15) is 6.54 Å². The summed E-state index contributed by atoms with van der Waals surface area (Å²) in [6, 6.07) is 0. The molecule has 0 saturated heterocycles. The number of quaternary nitrogens is 1. The van der Waals surface area contributed by atoms with Crippen molar-refractivity contribution in [1.82, 2.24) is 0 Å². The molecule has 0 aromatic carbocycles. The van der Waals surface area contributed by atoms with Crippen LogP contribution in [0.3, 0.4) is 0 Å². The van der Waals surface area contributed by atoms with Crippen molar-refractivity contribution in [2.24, 2.45) is 16.7 Å². The summed E-state index contributed by atoms with van der Waals surface area (Å²) in [5.41, 5.74) is 0.897.